The van der Waals surface area contributed by atoms with Gasteiger partial charge < -0.3 is 4.74 Å². The highest BCUT2D eigenvalue weighted by atomic mass is 32.2. The highest BCUT2D eigenvalue weighted by Crippen LogP contribution is 2.33. The normalized spacial score (nSPS) is 15.0. The van der Waals surface area contributed by atoms with E-state index in [2.05, 4.69) is 14.4 Å². The number of nitrogens with zero attached hydrogens (tertiary/aromatic N) is 1. The summed E-state index contributed by atoms with van der Waals surface area (Å²) in [6, 6.07) is 4.51. The standard InChI is InChI=1S/C18H17F7N2O2S/c1-16(2,3)30(28)27-14(10-4-6-11(7-5-10)29-18(23,24)25)13-9-8-12(19)15(26-13)17(20,21)22/h4-9,14,27H,1-3H3. The van der Waals surface area contributed by atoms with Crippen molar-refractivity contribution < 1.29 is 39.7 Å². The Hall–Kier alpha value is -2.21. The van der Waals surface area contributed by atoms with Gasteiger partial charge in [-0.25, -0.2) is 18.3 Å². The Bertz CT molecular complexity index is 907. The molecule has 2 unspecified atom stereocenters. The Morgan fingerprint density at radius 1 is 0.967 bits per heavy atom. The molecular formula is C18H17F7N2O2S. The molecule has 0 radical (unpaired) electrons. The lowest BCUT2D eigenvalue weighted by molar-refractivity contribution is -0.274. The van der Waals surface area contributed by atoms with Crippen LogP contribution in [0.4, 0.5) is 30.7 Å². The van der Waals surface area contributed by atoms with Crippen LogP contribution in [-0.4, -0.2) is 20.3 Å². The number of benzene rings is 1. The summed E-state index contributed by atoms with van der Waals surface area (Å²) in [7, 11) is -1.80. The first-order valence-corrected chi connectivity index (χ1v) is 9.50. The van der Waals surface area contributed by atoms with Crippen LogP contribution < -0.4 is 9.46 Å². The van der Waals surface area contributed by atoms with Crippen LogP contribution in [0.15, 0.2) is 36.4 Å². The molecule has 0 aliphatic heterocycles. The summed E-state index contributed by atoms with van der Waals surface area (Å²) >= 11 is 0. The van der Waals surface area contributed by atoms with Crippen LogP contribution in [0.1, 0.15) is 43.8 Å². The molecule has 0 saturated heterocycles. The van der Waals surface area contributed by atoms with E-state index in [1.54, 1.807) is 20.8 Å². The first-order valence-electron chi connectivity index (χ1n) is 8.35. The molecule has 0 saturated carbocycles. The third-order valence-corrected chi connectivity index (χ3v) is 5.22. The van der Waals surface area contributed by atoms with E-state index in [0.717, 1.165) is 30.3 Å². The number of rotatable bonds is 5. The Balaban J connectivity index is 2.50. The number of hydrogen-bond donors (Lipinski definition) is 1. The fourth-order valence-corrected chi connectivity index (χ4v) is 3.09. The molecule has 1 aromatic carbocycles. The molecule has 2 atom stereocenters. The van der Waals surface area contributed by atoms with Gasteiger partial charge in [-0.15, -0.1) is 13.2 Å². The van der Waals surface area contributed by atoms with Gasteiger partial charge in [-0.2, -0.15) is 13.2 Å². The minimum Gasteiger partial charge on any atom is -0.406 e. The van der Waals surface area contributed by atoms with Crippen molar-refractivity contribution >= 4 is 11.0 Å². The molecule has 0 spiro atoms. The minimum atomic E-state index is -5.07. The van der Waals surface area contributed by atoms with Crippen molar-refractivity contribution in [3.8, 4) is 5.75 Å². The quantitative estimate of drug-likeness (QED) is 0.621. The molecule has 0 amide bonds. The Kier molecular flexibility index (Phi) is 6.82. The van der Waals surface area contributed by atoms with E-state index in [1.165, 1.54) is 0 Å². The summed E-state index contributed by atoms with van der Waals surface area (Å²) < 4.78 is 108. The van der Waals surface area contributed by atoms with E-state index in [1.807, 2.05) is 0 Å². The second kappa shape index (κ2) is 8.50. The highest BCUT2D eigenvalue weighted by molar-refractivity contribution is 7.84. The van der Waals surface area contributed by atoms with Crippen molar-refractivity contribution in [3.63, 3.8) is 0 Å². The Morgan fingerprint density at radius 3 is 2.00 bits per heavy atom. The molecule has 0 aliphatic carbocycles. The zero-order valence-corrected chi connectivity index (χ0v) is 16.7. The second-order valence-corrected chi connectivity index (χ2v) is 9.11. The van der Waals surface area contributed by atoms with Crippen LogP contribution in [0.2, 0.25) is 0 Å². The summed E-state index contributed by atoms with van der Waals surface area (Å²) in [4.78, 5) is 3.33. The van der Waals surface area contributed by atoms with Crippen molar-refractivity contribution in [2.45, 2.75) is 44.1 Å². The second-order valence-electron chi connectivity index (χ2n) is 7.11. The molecule has 12 heteroatoms. The average Bonchev–Trinajstić information content (AvgIpc) is 2.58. The Labute approximate surface area is 170 Å². The first kappa shape index (κ1) is 24.1. The Morgan fingerprint density at radius 2 is 1.53 bits per heavy atom. The fraction of sp³-hybridized carbons (Fsp3) is 0.389. The van der Waals surface area contributed by atoms with Gasteiger partial charge in [0.2, 0.25) is 0 Å². The van der Waals surface area contributed by atoms with Gasteiger partial charge in [0.25, 0.3) is 0 Å². The number of hydrogen-bond acceptors (Lipinski definition) is 3. The van der Waals surface area contributed by atoms with Crippen molar-refractivity contribution in [1.29, 1.82) is 0 Å². The fourth-order valence-electron chi connectivity index (χ4n) is 2.26. The van der Waals surface area contributed by atoms with E-state index in [9.17, 15) is 34.9 Å². The van der Waals surface area contributed by atoms with E-state index in [4.69, 9.17) is 0 Å². The van der Waals surface area contributed by atoms with Gasteiger partial charge in [0.1, 0.15) is 5.75 Å². The summed E-state index contributed by atoms with van der Waals surface area (Å²) in [6.45, 7) is 4.81. The molecule has 166 valence electrons. The molecule has 1 N–H and O–H groups in total. The highest BCUT2D eigenvalue weighted by Gasteiger charge is 2.37. The smallest absolute Gasteiger partial charge is 0.406 e. The van der Waals surface area contributed by atoms with E-state index in [-0.39, 0.29) is 11.3 Å². The van der Waals surface area contributed by atoms with Gasteiger partial charge in [-0.3, -0.25) is 0 Å². The van der Waals surface area contributed by atoms with Crippen LogP contribution in [-0.2, 0) is 17.2 Å². The van der Waals surface area contributed by atoms with Gasteiger partial charge in [-0.05, 0) is 50.6 Å². The summed E-state index contributed by atoms with van der Waals surface area (Å²) in [6.07, 6.45) is -9.99. The lowest BCUT2D eigenvalue weighted by Crippen LogP contribution is -2.36. The molecule has 4 nitrogen and oxygen atoms in total. The number of ether oxygens (including phenoxy) is 1. The van der Waals surface area contributed by atoms with Gasteiger partial charge in [-0.1, -0.05) is 12.1 Å². The lowest BCUT2D eigenvalue weighted by atomic mass is 10.0. The number of nitrogens with one attached hydrogen (secondary N) is 1. The maximum absolute atomic E-state index is 13.6. The van der Waals surface area contributed by atoms with Crippen LogP contribution in [0, 0.1) is 5.82 Å². The average molecular weight is 458 g/mol. The van der Waals surface area contributed by atoms with Crippen LogP contribution in [0.25, 0.3) is 0 Å². The number of aromatic nitrogens is 1. The largest absolute Gasteiger partial charge is 0.573 e. The van der Waals surface area contributed by atoms with Gasteiger partial charge in [0.15, 0.2) is 11.5 Å². The monoisotopic (exact) mass is 458 g/mol. The van der Waals surface area contributed by atoms with Crippen molar-refractivity contribution in [1.82, 2.24) is 9.71 Å². The van der Waals surface area contributed by atoms with Crippen molar-refractivity contribution in [2.24, 2.45) is 0 Å². The maximum Gasteiger partial charge on any atom is 0.573 e. The molecule has 1 heterocycles. The lowest BCUT2D eigenvalue weighted by Gasteiger charge is -2.25. The van der Waals surface area contributed by atoms with Gasteiger partial charge in [0.05, 0.1) is 27.5 Å². The first-order chi connectivity index (χ1) is 13.6. The van der Waals surface area contributed by atoms with E-state index < -0.39 is 51.6 Å². The van der Waals surface area contributed by atoms with Crippen molar-refractivity contribution in [2.75, 3.05) is 0 Å². The number of pyridine rings is 1. The molecular weight excluding hydrogens is 441 g/mol. The molecule has 0 bridgehead atoms. The summed E-state index contributed by atoms with van der Waals surface area (Å²) in [5.74, 6) is -2.14. The molecule has 30 heavy (non-hydrogen) atoms. The molecule has 0 aliphatic rings. The number of alkyl halides is 6. The molecule has 2 rings (SSSR count). The third kappa shape index (κ3) is 6.39. The van der Waals surface area contributed by atoms with Gasteiger partial charge >= 0.3 is 12.5 Å². The summed E-state index contributed by atoms with van der Waals surface area (Å²) in [5.41, 5.74) is -1.93. The molecule has 0 fully saturated rings. The zero-order valence-electron chi connectivity index (χ0n) is 15.9. The van der Waals surface area contributed by atoms with E-state index >= 15 is 0 Å². The summed E-state index contributed by atoms with van der Waals surface area (Å²) in [5, 5.41) is 0. The number of halogens is 7. The topological polar surface area (TPSA) is 51.2 Å². The zero-order chi connectivity index (χ0) is 22.9. The van der Waals surface area contributed by atoms with Crippen LogP contribution in [0.3, 0.4) is 0 Å². The predicted molar refractivity (Wildman–Crippen MR) is 95.2 cm³/mol. The van der Waals surface area contributed by atoms with Crippen LogP contribution >= 0.6 is 0 Å². The SMILES string of the molecule is CC(C)(C)S(=O)NC(c1ccc(OC(F)(F)F)cc1)c1ccc(F)c(C(F)(F)F)n1. The maximum atomic E-state index is 13.6. The third-order valence-electron chi connectivity index (χ3n) is 3.66. The predicted octanol–water partition coefficient (Wildman–Crippen LogP) is 5.28. The van der Waals surface area contributed by atoms with Crippen LogP contribution in [0.5, 0.6) is 5.75 Å². The molecule has 2 aromatic rings. The van der Waals surface area contributed by atoms with Crippen molar-refractivity contribution in [3.05, 3.63) is 59.2 Å². The van der Waals surface area contributed by atoms with Gasteiger partial charge in [0, 0.05) is 0 Å². The minimum absolute atomic E-state index is 0.148. The van der Waals surface area contributed by atoms with E-state index in [0.29, 0.717) is 6.07 Å². The molecule has 1 aromatic heterocycles.